The summed E-state index contributed by atoms with van der Waals surface area (Å²) in [6, 6.07) is 7.06. The molecular formula is C11H6FN3OS. The first kappa shape index (κ1) is 11.2. The minimum absolute atomic E-state index is 0.0735. The normalized spacial score (nSPS) is 9.88. The van der Waals surface area contributed by atoms with Gasteiger partial charge in [0.25, 0.3) is 5.56 Å². The Kier molecular flexibility index (Phi) is 2.85. The predicted octanol–water partition coefficient (Wildman–Crippen LogP) is 1.91. The number of nitrogens with one attached hydrogen (secondary N) is 1. The van der Waals surface area contributed by atoms with Crippen molar-refractivity contribution >= 4 is 12.2 Å². The van der Waals surface area contributed by atoms with Crippen LogP contribution in [0.3, 0.4) is 0 Å². The van der Waals surface area contributed by atoms with E-state index in [0.29, 0.717) is 5.69 Å². The number of nitrogens with zero attached hydrogens (tertiary/aromatic N) is 2. The van der Waals surface area contributed by atoms with Crippen molar-refractivity contribution in [3.05, 3.63) is 57.0 Å². The van der Waals surface area contributed by atoms with E-state index in [4.69, 9.17) is 17.5 Å². The molecule has 0 atom stereocenters. The van der Waals surface area contributed by atoms with Gasteiger partial charge in [0.1, 0.15) is 11.9 Å². The summed E-state index contributed by atoms with van der Waals surface area (Å²) in [5.74, 6) is -0.591. The molecule has 2 rings (SSSR count). The molecule has 0 bridgehead atoms. The Morgan fingerprint density at radius 2 is 2.18 bits per heavy atom. The first-order valence-corrected chi connectivity index (χ1v) is 5.04. The molecule has 0 aliphatic carbocycles. The largest absolute Gasteiger partial charge is 0.299 e. The number of hydrogen-bond acceptors (Lipinski definition) is 3. The summed E-state index contributed by atoms with van der Waals surface area (Å²) in [5.41, 5.74) is 0.133. The van der Waals surface area contributed by atoms with Gasteiger partial charge in [-0.1, -0.05) is 0 Å². The smallest absolute Gasteiger partial charge is 0.251 e. The number of halogens is 1. The highest BCUT2D eigenvalue weighted by Gasteiger charge is 2.04. The van der Waals surface area contributed by atoms with Gasteiger partial charge in [-0.25, -0.2) is 4.39 Å². The fraction of sp³-hybridized carbons (Fsp3) is 0. The second-order valence-electron chi connectivity index (χ2n) is 3.26. The molecule has 1 heterocycles. The molecule has 0 radical (unpaired) electrons. The van der Waals surface area contributed by atoms with Gasteiger partial charge in [-0.05, 0) is 30.4 Å². The third-order valence-corrected chi connectivity index (χ3v) is 2.47. The molecule has 84 valence electrons. The van der Waals surface area contributed by atoms with E-state index in [-0.39, 0.29) is 15.9 Å². The molecule has 0 unspecified atom stereocenters. The standard InChI is InChI=1S/C11H6FN3OS/c12-9-2-1-8(5-7(9)6-13)15-4-3-10(16)14-11(15)17/h1-5H,(H,14,16,17). The quantitative estimate of drug-likeness (QED) is 0.783. The van der Waals surface area contributed by atoms with E-state index in [0.717, 1.165) is 0 Å². The molecule has 0 aliphatic heterocycles. The molecule has 4 nitrogen and oxygen atoms in total. The monoisotopic (exact) mass is 247 g/mol. The van der Waals surface area contributed by atoms with Gasteiger partial charge in [-0.2, -0.15) is 5.26 Å². The highest BCUT2D eigenvalue weighted by atomic mass is 32.1. The van der Waals surface area contributed by atoms with Crippen molar-refractivity contribution < 1.29 is 4.39 Å². The Hall–Kier alpha value is -2.26. The van der Waals surface area contributed by atoms with Crippen LogP contribution in [0, 0.1) is 21.9 Å². The molecule has 0 fully saturated rings. The maximum absolute atomic E-state index is 13.1. The molecule has 2 aromatic rings. The lowest BCUT2D eigenvalue weighted by Gasteiger charge is -2.06. The molecule has 6 heteroatoms. The summed E-state index contributed by atoms with van der Waals surface area (Å²) in [6.07, 6.45) is 1.47. The topological polar surface area (TPSA) is 61.6 Å². The van der Waals surface area contributed by atoms with Crippen molar-refractivity contribution in [3.8, 4) is 11.8 Å². The zero-order valence-electron chi connectivity index (χ0n) is 8.48. The Labute approximate surface area is 101 Å². The Balaban J connectivity index is 2.66. The molecule has 17 heavy (non-hydrogen) atoms. The van der Waals surface area contributed by atoms with Gasteiger partial charge in [-0.3, -0.25) is 14.3 Å². The fourth-order valence-electron chi connectivity index (χ4n) is 1.37. The maximum atomic E-state index is 13.1. The van der Waals surface area contributed by atoms with Crippen molar-refractivity contribution in [2.75, 3.05) is 0 Å². The van der Waals surface area contributed by atoms with Gasteiger partial charge in [0.15, 0.2) is 4.77 Å². The summed E-state index contributed by atoms with van der Waals surface area (Å²) in [5, 5.41) is 8.72. The number of hydrogen-bond donors (Lipinski definition) is 1. The van der Waals surface area contributed by atoms with Crippen LogP contribution in [0.25, 0.3) is 5.69 Å². The van der Waals surface area contributed by atoms with Gasteiger partial charge in [0.2, 0.25) is 0 Å². The molecule has 1 N–H and O–H groups in total. The van der Waals surface area contributed by atoms with Gasteiger partial charge >= 0.3 is 0 Å². The van der Waals surface area contributed by atoms with E-state index >= 15 is 0 Å². The summed E-state index contributed by atoms with van der Waals surface area (Å²) in [6.45, 7) is 0. The van der Waals surface area contributed by atoms with Crippen molar-refractivity contribution in [2.24, 2.45) is 0 Å². The third kappa shape index (κ3) is 2.14. The summed E-state index contributed by atoms with van der Waals surface area (Å²) >= 11 is 4.96. The number of aromatic nitrogens is 2. The van der Waals surface area contributed by atoms with E-state index in [1.54, 1.807) is 6.07 Å². The second-order valence-corrected chi connectivity index (χ2v) is 3.64. The minimum atomic E-state index is -0.591. The van der Waals surface area contributed by atoms with Crippen molar-refractivity contribution in [3.63, 3.8) is 0 Å². The highest BCUT2D eigenvalue weighted by Crippen LogP contribution is 2.13. The van der Waals surface area contributed by atoms with E-state index in [2.05, 4.69) is 4.98 Å². The van der Waals surface area contributed by atoms with Gasteiger partial charge in [-0.15, -0.1) is 0 Å². The number of aromatic amines is 1. The molecule has 0 amide bonds. The molecule has 0 aliphatic rings. The lowest BCUT2D eigenvalue weighted by atomic mass is 10.2. The molecular weight excluding hydrogens is 241 g/mol. The average Bonchev–Trinajstić information content (AvgIpc) is 2.30. The van der Waals surface area contributed by atoms with Crippen LogP contribution < -0.4 is 5.56 Å². The van der Waals surface area contributed by atoms with Gasteiger partial charge in [0, 0.05) is 18.0 Å². The summed E-state index contributed by atoms with van der Waals surface area (Å²) < 4.78 is 14.8. The Morgan fingerprint density at radius 1 is 1.41 bits per heavy atom. The van der Waals surface area contributed by atoms with Crippen molar-refractivity contribution in [1.29, 1.82) is 5.26 Å². The zero-order chi connectivity index (χ0) is 12.4. The lowest BCUT2D eigenvalue weighted by Crippen LogP contribution is -2.10. The zero-order valence-corrected chi connectivity index (χ0v) is 9.29. The van der Waals surface area contributed by atoms with E-state index < -0.39 is 5.82 Å². The van der Waals surface area contributed by atoms with Crippen molar-refractivity contribution in [1.82, 2.24) is 9.55 Å². The van der Waals surface area contributed by atoms with Crippen LogP contribution in [-0.2, 0) is 0 Å². The van der Waals surface area contributed by atoms with Gasteiger partial charge in [0.05, 0.1) is 5.56 Å². The lowest BCUT2D eigenvalue weighted by molar-refractivity contribution is 0.623. The number of nitriles is 1. The number of H-pyrrole nitrogens is 1. The van der Waals surface area contributed by atoms with E-state index in [1.165, 1.54) is 35.0 Å². The summed E-state index contributed by atoms with van der Waals surface area (Å²) in [7, 11) is 0. The third-order valence-electron chi connectivity index (χ3n) is 2.17. The highest BCUT2D eigenvalue weighted by molar-refractivity contribution is 7.71. The van der Waals surface area contributed by atoms with Gasteiger partial charge < -0.3 is 0 Å². The molecule has 1 aromatic carbocycles. The summed E-state index contributed by atoms with van der Waals surface area (Å²) in [4.78, 5) is 13.4. The van der Waals surface area contributed by atoms with Crippen LogP contribution in [-0.4, -0.2) is 9.55 Å². The number of benzene rings is 1. The maximum Gasteiger partial charge on any atom is 0.251 e. The first-order chi connectivity index (χ1) is 8.11. The van der Waals surface area contributed by atoms with Crippen LogP contribution in [0.1, 0.15) is 5.56 Å². The Bertz CT molecular complexity index is 726. The van der Waals surface area contributed by atoms with Crippen LogP contribution in [0.2, 0.25) is 0 Å². The predicted molar refractivity (Wildman–Crippen MR) is 61.9 cm³/mol. The average molecular weight is 247 g/mol. The minimum Gasteiger partial charge on any atom is -0.299 e. The SMILES string of the molecule is N#Cc1cc(-n2ccc(=O)[nH]c2=S)ccc1F. The molecule has 0 spiro atoms. The first-order valence-electron chi connectivity index (χ1n) is 4.64. The van der Waals surface area contributed by atoms with Crippen LogP contribution in [0.15, 0.2) is 35.3 Å². The van der Waals surface area contributed by atoms with Crippen molar-refractivity contribution in [2.45, 2.75) is 0 Å². The molecule has 0 saturated carbocycles. The van der Waals surface area contributed by atoms with E-state index in [1.807, 2.05) is 0 Å². The van der Waals surface area contributed by atoms with Crippen LogP contribution in [0.4, 0.5) is 4.39 Å². The van der Waals surface area contributed by atoms with Crippen LogP contribution >= 0.6 is 12.2 Å². The molecule has 0 saturated heterocycles. The van der Waals surface area contributed by atoms with E-state index in [9.17, 15) is 9.18 Å². The van der Waals surface area contributed by atoms with Crippen LogP contribution in [0.5, 0.6) is 0 Å². The fourth-order valence-corrected chi connectivity index (χ4v) is 1.64. The second kappa shape index (κ2) is 4.31. The Morgan fingerprint density at radius 3 is 2.82 bits per heavy atom. The number of rotatable bonds is 1. The molecule has 1 aromatic heterocycles.